The molecule has 1 aromatic rings. The van der Waals surface area contributed by atoms with Crippen molar-refractivity contribution in [1.29, 1.82) is 0 Å². The molecule has 0 saturated heterocycles. The highest BCUT2D eigenvalue weighted by atomic mass is 32.2. The molecule has 5 nitrogen and oxygen atoms in total. The molecule has 2 N–H and O–H groups in total. The molecule has 0 atom stereocenters. The summed E-state index contributed by atoms with van der Waals surface area (Å²) in [5.41, 5.74) is -0.903. The lowest BCUT2D eigenvalue weighted by molar-refractivity contribution is 0.0458. The minimum atomic E-state index is -4.26. The monoisotopic (exact) mass is 321 g/mol. The van der Waals surface area contributed by atoms with Crippen molar-refractivity contribution in [2.45, 2.75) is 32.1 Å². The van der Waals surface area contributed by atoms with Crippen molar-refractivity contribution in [2.75, 3.05) is 6.61 Å². The number of hydrogen-bond acceptors (Lipinski definition) is 4. The SMILES string of the molecule is CC(C)(C)CCOC(=O)c1cc(S(N)(=O)=O)cc(F)c1F. The van der Waals surface area contributed by atoms with Crippen LogP contribution in [0.1, 0.15) is 37.6 Å². The number of nitrogens with two attached hydrogens (primary N) is 1. The first-order chi connectivity index (χ1) is 9.42. The number of carbonyl (C=O) groups excluding carboxylic acids is 1. The van der Waals surface area contributed by atoms with E-state index in [0.717, 1.165) is 0 Å². The van der Waals surface area contributed by atoms with Gasteiger partial charge in [-0.2, -0.15) is 0 Å². The van der Waals surface area contributed by atoms with E-state index in [4.69, 9.17) is 9.88 Å². The van der Waals surface area contributed by atoms with E-state index < -0.39 is 38.1 Å². The average Bonchev–Trinajstić information content (AvgIpc) is 2.29. The molecule has 0 radical (unpaired) electrons. The highest BCUT2D eigenvalue weighted by Gasteiger charge is 2.22. The highest BCUT2D eigenvalue weighted by Crippen LogP contribution is 2.21. The second kappa shape index (κ2) is 6.07. The van der Waals surface area contributed by atoms with Crippen LogP contribution in [-0.2, 0) is 14.8 Å². The summed E-state index contributed by atoms with van der Waals surface area (Å²) in [5.74, 6) is -4.09. The number of sulfonamides is 1. The van der Waals surface area contributed by atoms with Crippen LogP contribution in [0.5, 0.6) is 0 Å². The topological polar surface area (TPSA) is 86.5 Å². The normalized spacial score (nSPS) is 12.3. The van der Waals surface area contributed by atoms with E-state index in [-0.39, 0.29) is 12.0 Å². The fourth-order valence-corrected chi connectivity index (χ4v) is 1.95. The number of esters is 1. The van der Waals surface area contributed by atoms with Crippen LogP contribution < -0.4 is 5.14 Å². The maximum Gasteiger partial charge on any atom is 0.341 e. The van der Waals surface area contributed by atoms with Crippen LogP contribution in [0.25, 0.3) is 0 Å². The van der Waals surface area contributed by atoms with E-state index in [0.29, 0.717) is 18.6 Å². The van der Waals surface area contributed by atoms with Gasteiger partial charge >= 0.3 is 5.97 Å². The number of rotatable bonds is 4. The van der Waals surface area contributed by atoms with E-state index in [1.54, 1.807) is 0 Å². The standard InChI is InChI=1S/C13H17F2NO4S/c1-13(2,3)4-5-20-12(17)9-6-8(21(16,18)19)7-10(14)11(9)15/h6-7H,4-5H2,1-3H3,(H2,16,18,19). The highest BCUT2D eigenvalue weighted by molar-refractivity contribution is 7.89. The number of benzene rings is 1. The number of hydrogen-bond donors (Lipinski definition) is 1. The number of carbonyl (C=O) groups is 1. The zero-order valence-electron chi connectivity index (χ0n) is 11.9. The molecule has 118 valence electrons. The Labute approximate surface area is 122 Å². The first-order valence-electron chi connectivity index (χ1n) is 6.11. The van der Waals surface area contributed by atoms with Crippen LogP contribution in [0.4, 0.5) is 8.78 Å². The quantitative estimate of drug-likeness (QED) is 0.861. The molecule has 0 aromatic heterocycles. The van der Waals surface area contributed by atoms with Gasteiger partial charge in [0.05, 0.1) is 17.1 Å². The van der Waals surface area contributed by atoms with Crippen LogP contribution in [-0.4, -0.2) is 21.0 Å². The summed E-state index contributed by atoms with van der Waals surface area (Å²) in [5, 5.41) is 4.83. The molecule has 0 fully saturated rings. The second-order valence-electron chi connectivity index (χ2n) is 5.76. The van der Waals surface area contributed by atoms with E-state index in [9.17, 15) is 22.0 Å². The van der Waals surface area contributed by atoms with Crippen molar-refractivity contribution in [3.05, 3.63) is 29.3 Å². The molecule has 0 aliphatic heterocycles. The number of halogens is 2. The van der Waals surface area contributed by atoms with Crippen molar-refractivity contribution in [3.8, 4) is 0 Å². The maximum absolute atomic E-state index is 13.6. The molecule has 8 heteroatoms. The van der Waals surface area contributed by atoms with Gasteiger partial charge in [-0.1, -0.05) is 20.8 Å². The fraction of sp³-hybridized carbons (Fsp3) is 0.462. The molecule has 0 bridgehead atoms. The zero-order chi connectivity index (χ0) is 16.4. The summed E-state index contributed by atoms with van der Waals surface area (Å²) in [6.45, 7) is 5.76. The molecule has 1 aromatic carbocycles. The van der Waals surface area contributed by atoms with Crippen molar-refractivity contribution in [1.82, 2.24) is 0 Å². The Morgan fingerprint density at radius 2 is 1.86 bits per heavy atom. The molecular weight excluding hydrogens is 304 g/mol. The van der Waals surface area contributed by atoms with Crippen molar-refractivity contribution in [2.24, 2.45) is 10.6 Å². The van der Waals surface area contributed by atoms with E-state index >= 15 is 0 Å². The second-order valence-corrected chi connectivity index (χ2v) is 7.32. The summed E-state index contributed by atoms with van der Waals surface area (Å²) in [4.78, 5) is 11.0. The minimum Gasteiger partial charge on any atom is -0.462 e. The zero-order valence-corrected chi connectivity index (χ0v) is 12.8. The Morgan fingerprint density at radius 1 is 1.29 bits per heavy atom. The van der Waals surface area contributed by atoms with Crippen LogP contribution in [0.2, 0.25) is 0 Å². The molecule has 21 heavy (non-hydrogen) atoms. The van der Waals surface area contributed by atoms with Crippen molar-refractivity contribution < 1.29 is 26.7 Å². The maximum atomic E-state index is 13.6. The molecule has 1 rings (SSSR count). The molecule has 0 aliphatic carbocycles. The Morgan fingerprint density at radius 3 is 2.33 bits per heavy atom. The lowest BCUT2D eigenvalue weighted by atomic mass is 9.93. The van der Waals surface area contributed by atoms with Gasteiger partial charge in [-0.25, -0.2) is 27.1 Å². The van der Waals surface area contributed by atoms with Gasteiger partial charge in [0.15, 0.2) is 11.6 Å². The lowest BCUT2D eigenvalue weighted by Gasteiger charge is -2.17. The van der Waals surface area contributed by atoms with E-state index in [2.05, 4.69) is 0 Å². The lowest BCUT2D eigenvalue weighted by Crippen LogP contribution is -2.17. The third kappa shape index (κ3) is 5.05. The smallest absolute Gasteiger partial charge is 0.341 e. The van der Waals surface area contributed by atoms with Gasteiger partial charge in [-0.05, 0) is 24.0 Å². The van der Waals surface area contributed by atoms with Crippen LogP contribution in [0.15, 0.2) is 17.0 Å². The predicted molar refractivity (Wildman–Crippen MR) is 72.1 cm³/mol. The molecule has 0 heterocycles. The van der Waals surface area contributed by atoms with Crippen molar-refractivity contribution in [3.63, 3.8) is 0 Å². The van der Waals surface area contributed by atoms with Gasteiger partial charge in [-0.3, -0.25) is 0 Å². The van der Waals surface area contributed by atoms with Gasteiger partial charge in [0, 0.05) is 0 Å². The average molecular weight is 321 g/mol. The minimum absolute atomic E-state index is 0.00297. The summed E-state index contributed by atoms with van der Waals surface area (Å²) >= 11 is 0. The third-order valence-electron chi connectivity index (χ3n) is 2.64. The van der Waals surface area contributed by atoms with Gasteiger partial charge in [0.25, 0.3) is 0 Å². The largest absolute Gasteiger partial charge is 0.462 e. The number of ether oxygens (including phenoxy) is 1. The third-order valence-corrected chi connectivity index (χ3v) is 3.53. The van der Waals surface area contributed by atoms with E-state index in [1.165, 1.54) is 0 Å². The first-order valence-corrected chi connectivity index (χ1v) is 7.65. The molecule has 0 saturated carbocycles. The van der Waals surface area contributed by atoms with Gasteiger partial charge in [-0.15, -0.1) is 0 Å². The molecule has 0 aliphatic rings. The Balaban J connectivity index is 3.02. The van der Waals surface area contributed by atoms with Crippen molar-refractivity contribution >= 4 is 16.0 Å². The summed E-state index contributed by atoms with van der Waals surface area (Å²) in [6, 6.07) is 1.07. The molecule has 0 unspecified atom stereocenters. The van der Waals surface area contributed by atoms with Gasteiger partial charge in [0.2, 0.25) is 10.0 Å². The molecule has 0 amide bonds. The van der Waals surface area contributed by atoms with Crippen LogP contribution in [0.3, 0.4) is 0 Å². The summed E-state index contributed by atoms with van der Waals surface area (Å²) in [6.07, 6.45) is 0.512. The van der Waals surface area contributed by atoms with Crippen LogP contribution in [0, 0.1) is 17.0 Å². The van der Waals surface area contributed by atoms with E-state index in [1.807, 2.05) is 20.8 Å². The molecule has 0 spiro atoms. The Bertz CT molecular complexity index is 651. The fourth-order valence-electron chi connectivity index (χ4n) is 1.40. The molecular formula is C13H17F2NO4S. The Hall–Kier alpha value is -1.54. The van der Waals surface area contributed by atoms with Crippen LogP contribution >= 0.6 is 0 Å². The summed E-state index contributed by atoms with van der Waals surface area (Å²) < 4.78 is 54.0. The Kier molecular flexibility index (Phi) is 5.06. The van der Waals surface area contributed by atoms with Gasteiger partial charge < -0.3 is 4.74 Å². The number of primary sulfonamides is 1. The first kappa shape index (κ1) is 17.5. The van der Waals surface area contributed by atoms with Gasteiger partial charge in [0.1, 0.15) is 0 Å². The predicted octanol–water partition coefficient (Wildman–Crippen LogP) is 2.21. The summed E-state index contributed by atoms with van der Waals surface area (Å²) in [7, 11) is -4.26.